The third kappa shape index (κ3) is 3.18. The fraction of sp³-hybridized carbons (Fsp3) is 0.474. The third-order valence-electron chi connectivity index (χ3n) is 5.42. The number of methoxy groups -OCH3 is 1. The van der Waals surface area contributed by atoms with E-state index in [-0.39, 0.29) is 0 Å². The molecule has 8 heteroatoms. The van der Waals surface area contributed by atoms with Gasteiger partial charge in [0, 0.05) is 31.2 Å². The van der Waals surface area contributed by atoms with E-state index in [0.29, 0.717) is 18.0 Å². The largest absolute Gasteiger partial charge is 0.481 e. The maximum absolute atomic E-state index is 5.30. The van der Waals surface area contributed by atoms with Gasteiger partial charge in [-0.1, -0.05) is 0 Å². The summed E-state index contributed by atoms with van der Waals surface area (Å²) in [6.07, 6.45) is 7.97. The van der Waals surface area contributed by atoms with Crippen molar-refractivity contribution >= 4 is 33.2 Å². The molecule has 0 unspecified atom stereocenters. The van der Waals surface area contributed by atoms with Crippen molar-refractivity contribution < 1.29 is 4.74 Å². The number of fused-ring (bicyclic) bond motifs is 1. The molecule has 27 heavy (non-hydrogen) atoms. The van der Waals surface area contributed by atoms with Gasteiger partial charge in [-0.25, -0.2) is 19.9 Å². The number of ether oxygens (including phenoxy) is 1. The Hall–Kier alpha value is -2.48. The van der Waals surface area contributed by atoms with E-state index >= 15 is 0 Å². The molecule has 0 N–H and O–H groups in total. The average molecular weight is 382 g/mol. The molecule has 5 rings (SSSR count). The van der Waals surface area contributed by atoms with Crippen LogP contribution in [0.3, 0.4) is 0 Å². The van der Waals surface area contributed by atoms with E-state index in [4.69, 9.17) is 4.74 Å². The van der Waals surface area contributed by atoms with Crippen molar-refractivity contribution in [1.29, 1.82) is 0 Å². The van der Waals surface area contributed by atoms with Crippen LogP contribution in [0, 0.1) is 0 Å². The minimum absolute atomic E-state index is 0.494. The lowest BCUT2D eigenvalue weighted by Crippen LogP contribution is -2.46. The summed E-state index contributed by atoms with van der Waals surface area (Å²) in [7, 11) is 1.65. The fourth-order valence-corrected chi connectivity index (χ4v) is 4.83. The van der Waals surface area contributed by atoms with Crippen LogP contribution in [0.2, 0.25) is 0 Å². The van der Waals surface area contributed by atoms with Crippen molar-refractivity contribution in [3.05, 3.63) is 30.2 Å². The summed E-state index contributed by atoms with van der Waals surface area (Å²) in [4.78, 5) is 22.5. The van der Waals surface area contributed by atoms with Gasteiger partial charge in [0.25, 0.3) is 0 Å². The van der Waals surface area contributed by atoms with Crippen LogP contribution in [0.4, 0.5) is 11.6 Å². The van der Waals surface area contributed by atoms with Gasteiger partial charge < -0.3 is 14.5 Å². The minimum atomic E-state index is 0.494. The predicted molar refractivity (Wildman–Crippen MR) is 107 cm³/mol. The standard InChI is InChI=1S/C19H22N6OS/c1-26-17-10-16(21-12-22-17)25(13-2-3-13)14-4-7-24(8-5-14)19-18-15(6-9-27-18)20-11-23-19/h6,9-14H,2-5,7-8H2,1H3. The number of hydrogen-bond donors (Lipinski definition) is 0. The van der Waals surface area contributed by atoms with E-state index in [1.54, 1.807) is 31.1 Å². The highest BCUT2D eigenvalue weighted by atomic mass is 32.1. The van der Waals surface area contributed by atoms with Gasteiger partial charge in [0.2, 0.25) is 5.88 Å². The Morgan fingerprint density at radius 3 is 2.59 bits per heavy atom. The average Bonchev–Trinajstić information content (AvgIpc) is 3.43. The summed E-state index contributed by atoms with van der Waals surface area (Å²) in [5.74, 6) is 2.70. The number of anilines is 2. The number of thiophene rings is 1. The summed E-state index contributed by atoms with van der Waals surface area (Å²) >= 11 is 1.72. The van der Waals surface area contributed by atoms with E-state index in [1.807, 2.05) is 6.07 Å². The third-order valence-corrected chi connectivity index (χ3v) is 6.32. The summed E-state index contributed by atoms with van der Waals surface area (Å²) in [6.45, 7) is 2.00. The van der Waals surface area contributed by atoms with Crippen molar-refractivity contribution in [1.82, 2.24) is 19.9 Å². The van der Waals surface area contributed by atoms with Gasteiger partial charge >= 0.3 is 0 Å². The first-order chi connectivity index (χ1) is 13.3. The number of nitrogens with zero attached hydrogens (tertiary/aromatic N) is 6. The molecule has 0 radical (unpaired) electrons. The Balaban J connectivity index is 1.35. The van der Waals surface area contributed by atoms with E-state index in [1.165, 1.54) is 17.5 Å². The molecule has 1 aliphatic carbocycles. The van der Waals surface area contributed by atoms with E-state index in [0.717, 1.165) is 43.1 Å². The maximum atomic E-state index is 5.30. The first-order valence-electron chi connectivity index (χ1n) is 9.41. The molecule has 0 spiro atoms. The number of piperidine rings is 1. The lowest BCUT2D eigenvalue weighted by molar-refractivity contribution is 0.395. The van der Waals surface area contributed by atoms with Crippen molar-refractivity contribution in [3.8, 4) is 5.88 Å². The first-order valence-corrected chi connectivity index (χ1v) is 10.3. The molecule has 2 fully saturated rings. The lowest BCUT2D eigenvalue weighted by Gasteiger charge is -2.39. The van der Waals surface area contributed by atoms with Crippen LogP contribution >= 0.6 is 11.3 Å². The summed E-state index contributed by atoms with van der Waals surface area (Å²) in [5, 5.41) is 2.09. The summed E-state index contributed by atoms with van der Waals surface area (Å²) in [5.41, 5.74) is 1.04. The van der Waals surface area contributed by atoms with E-state index in [2.05, 4.69) is 41.2 Å². The van der Waals surface area contributed by atoms with Crippen LogP contribution in [0.1, 0.15) is 25.7 Å². The van der Waals surface area contributed by atoms with Gasteiger partial charge in [0.05, 0.1) is 17.3 Å². The van der Waals surface area contributed by atoms with Crippen molar-refractivity contribution in [2.75, 3.05) is 30.0 Å². The summed E-state index contributed by atoms with van der Waals surface area (Å²) in [6, 6.07) is 5.12. The van der Waals surface area contributed by atoms with Crippen LogP contribution in [-0.4, -0.2) is 52.2 Å². The Kier molecular flexibility index (Phi) is 4.27. The Morgan fingerprint density at radius 1 is 1.04 bits per heavy atom. The molecule has 7 nitrogen and oxygen atoms in total. The highest BCUT2D eigenvalue weighted by Gasteiger charge is 2.37. The molecule has 2 aliphatic rings. The predicted octanol–water partition coefficient (Wildman–Crippen LogP) is 3.13. The van der Waals surface area contributed by atoms with Crippen molar-refractivity contribution in [3.63, 3.8) is 0 Å². The molecule has 1 saturated heterocycles. The SMILES string of the molecule is COc1cc(N(C2CC2)C2CCN(c3ncnc4ccsc34)CC2)ncn1. The Bertz CT molecular complexity index is 935. The zero-order chi connectivity index (χ0) is 18.2. The second kappa shape index (κ2) is 6.92. The second-order valence-electron chi connectivity index (χ2n) is 7.11. The van der Waals surface area contributed by atoms with Crippen LogP contribution in [0.5, 0.6) is 5.88 Å². The molecular formula is C19H22N6OS. The highest BCUT2D eigenvalue weighted by Crippen LogP contribution is 2.37. The molecule has 3 aromatic rings. The molecule has 0 bridgehead atoms. The number of rotatable bonds is 5. The topological polar surface area (TPSA) is 67.3 Å². The minimum Gasteiger partial charge on any atom is -0.481 e. The Morgan fingerprint density at radius 2 is 1.81 bits per heavy atom. The van der Waals surface area contributed by atoms with Gasteiger partial charge in [0.15, 0.2) is 0 Å². The van der Waals surface area contributed by atoms with E-state index < -0.39 is 0 Å². The molecule has 4 heterocycles. The van der Waals surface area contributed by atoms with Crippen LogP contribution in [-0.2, 0) is 0 Å². The van der Waals surface area contributed by atoms with Crippen molar-refractivity contribution in [2.45, 2.75) is 37.8 Å². The number of hydrogen-bond acceptors (Lipinski definition) is 8. The molecule has 3 aromatic heterocycles. The van der Waals surface area contributed by atoms with Gasteiger partial charge in [-0.2, -0.15) is 0 Å². The van der Waals surface area contributed by atoms with Gasteiger partial charge in [-0.15, -0.1) is 11.3 Å². The van der Waals surface area contributed by atoms with E-state index in [9.17, 15) is 0 Å². The molecule has 0 aromatic carbocycles. The fourth-order valence-electron chi connectivity index (χ4n) is 3.96. The van der Waals surface area contributed by atoms with Gasteiger partial charge in [-0.05, 0) is 37.1 Å². The van der Waals surface area contributed by atoms with Crippen LogP contribution in [0.25, 0.3) is 10.2 Å². The molecule has 0 amide bonds. The lowest BCUT2D eigenvalue weighted by atomic mass is 10.0. The quantitative estimate of drug-likeness (QED) is 0.671. The Labute approximate surface area is 162 Å². The molecular weight excluding hydrogens is 360 g/mol. The maximum Gasteiger partial charge on any atom is 0.218 e. The van der Waals surface area contributed by atoms with Gasteiger partial charge in [0.1, 0.15) is 24.3 Å². The monoisotopic (exact) mass is 382 g/mol. The first kappa shape index (κ1) is 16.7. The van der Waals surface area contributed by atoms with Crippen LogP contribution < -0.4 is 14.5 Å². The highest BCUT2D eigenvalue weighted by molar-refractivity contribution is 7.17. The molecule has 0 atom stereocenters. The number of aromatic nitrogens is 4. The zero-order valence-corrected chi connectivity index (χ0v) is 16.1. The van der Waals surface area contributed by atoms with Gasteiger partial charge in [-0.3, -0.25) is 0 Å². The normalized spacial score (nSPS) is 18.0. The molecule has 140 valence electrons. The molecule has 1 aliphatic heterocycles. The second-order valence-corrected chi connectivity index (χ2v) is 8.02. The van der Waals surface area contributed by atoms with Crippen molar-refractivity contribution in [2.24, 2.45) is 0 Å². The van der Waals surface area contributed by atoms with Crippen LogP contribution in [0.15, 0.2) is 30.2 Å². The smallest absolute Gasteiger partial charge is 0.218 e. The molecule has 1 saturated carbocycles. The summed E-state index contributed by atoms with van der Waals surface area (Å²) < 4.78 is 6.49. The zero-order valence-electron chi connectivity index (χ0n) is 15.3.